The molecule has 0 aliphatic carbocycles. The first-order chi connectivity index (χ1) is 9.29. The van der Waals surface area contributed by atoms with E-state index in [1.54, 1.807) is 6.92 Å². The fourth-order valence-electron chi connectivity index (χ4n) is 2.35. The third-order valence-electron chi connectivity index (χ3n) is 3.20. The van der Waals surface area contributed by atoms with Crippen molar-refractivity contribution < 1.29 is 13.2 Å². The summed E-state index contributed by atoms with van der Waals surface area (Å²) in [6, 6.07) is 5.66. The average Bonchev–Trinajstić information content (AvgIpc) is 2.68. The molecule has 20 heavy (non-hydrogen) atoms. The van der Waals surface area contributed by atoms with Gasteiger partial charge in [0.05, 0.1) is 16.4 Å². The summed E-state index contributed by atoms with van der Waals surface area (Å²) in [5.74, 6) is 0.623. The second kappa shape index (κ2) is 5.64. The highest BCUT2D eigenvalue weighted by atomic mass is 35.5. The molecule has 1 aromatic heterocycles. The Morgan fingerprint density at radius 2 is 2.05 bits per heavy atom. The van der Waals surface area contributed by atoms with Crippen molar-refractivity contribution in [2.75, 3.05) is 0 Å². The van der Waals surface area contributed by atoms with Gasteiger partial charge in [0.1, 0.15) is 5.82 Å². The lowest BCUT2D eigenvalue weighted by Gasteiger charge is -2.12. The van der Waals surface area contributed by atoms with Crippen molar-refractivity contribution in [2.45, 2.75) is 44.8 Å². The van der Waals surface area contributed by atoms with Crippen molar-refractivity contribution in [1.29, 1.82) is 0 Å². The molecular formula is C14H16ClF3N2. The number of halogens is 4. The van der Waals surface area contributed by atoms with E-state index in [0.29, 0.717) is 5.82 Å². The topological polar surface area (TPSA) is 17.8 Å². The maximum absolute atomic E-state index is 12.3. The van der Waals surface area contributed by atoms with E-state index in [4.69, 9.17) is 11.6 Å². The molecule has 0 N–H and O–H groups in total. The predicted octanol–water partition coefficient (Wildman–Crippen LogP) is 4.99. The van der Waals surface area contributed by atoms with Gasteiger partial charge in [-0.15, -0.1) is 11.6 Å². The van der Waals surface area contributed by atoms with Crippen LogP contribution in [-0.2, 0) is 6.54 Å². The Labute approximate surface area is 120 Å². The van der Waals surface area contributed by atoms with Crippen molar-refractivity contribution in [3.05, 3.63) is 29.6 Å². The third-order valence-corrected chi connectivity index (χ3v) is 3.39. The van der Waals surface area contributed by atoms with E-state index in [9.17, 15) is 13.2 Å². The molecule has 1 heterocycles. The Bertz CT molecular complexity index is 602. The molecule has 0 bridgehead atoms. The number of nitrogens with zero attached hydrogens (tertiary/aromatic N) is 2. The normalized spacial score (nSPS) is 13.9. The second-order valence-electron chi connectivity index (χ2n) is 4.90. The van der Waals surface area contributed by atoms with Crippen LogP contribution in [0.2, 0.25) is 0 Å². The van der Waals surface area contributed by atoms with Gasteiger partial charge in [0.25, 0.3) is 0 Å². The Morgan fingerprint density at radius 3 is 2.65 bits per heavy atom. The zero-order valence-corrected chi connectivity index (χ0v) is 12.1. The van der Waals surface area contributed by atoms with E-state index in [0.717, 1.165) is 16.6 Å². The molecule has 2 aromatic rings. The number of hydrogen-bond acceptors (Lipinski definition) is 1. The van der Waals surface area contributed by atoms with Gasteiger partial charge in [-0.1, -0.05) is 12.1 Å². The quantitative estimate of drug-likeness (QED) is 0.728. The number of aryl methyl sites for hydroxylation is 2. The molecule has 0 aliphatic heterocycles. The van der Waals surface area contributed by atoms with Crippen LogP contribution in [0.15, 0.2) is 18.2 Å². The number of para-hydroxylation sites is 1. The van der Waals surface area contributed by atoms with Crippen LogP contribution in [0, 0.1) is 6.92 Å². The van der Waals surface area contributed by atoms with Crippen LogP contribution >= 0.6 is 11.6 Å². The van der Waals surface area contributed by atoms with Gasteiger partial charge in [-0.25, -0.2) is 4.98 Å². The number of benzene rings is 1. The molecule has 1 atom stereocenters. The van der Waals surface area contributed by atoms with Crippen molar-refractivity contribution in [3.8, 4) is 0 Å². The Morgan fingerprint density at radius 1 is 1.35 bits per heavy atom. The van der Waals surface area contributed by atoms with Crippen molar-refractivity contribution in [3.63, 3.8) is 0 Å². The summed E-state index contributed by atoms with van der Waals surface area (Å²) < 4.78 is 38.7. The van der Waals surface area contributed by atoms with Crippen LogP contribution in [-0.4, -0.2) is 15.7 Å². The summed E-state index contributed by atoms with van der Waals surface area (Å²) in [4.78, 5) is 4.44. The van der Waals surface area contributed by atoms with E-state index in [1.165, 1.54) is 0 Å². The molecule has 0 aliphatic rings. The first kappa shape index (κ1) is 15.2. The van der Waals surface area contributed by atoms with Crippen LogP contribution in [0.5, 0.6) is 0 Å². The molecule has 2 nitrogen and oxygen atoms in total. The van der Waals surface area contributed by atoms with Gasteiger partial charge >= 0.3 is 6.18 Å². The first-order valence-electron chi connectivity index (χ1n) is 6.46. The van der Waals surface area contributed by atoms with Gasteiger partial charge in [0.15, 0.2) is 0 Å². The van der Waals surface area contributed by atoms with Crippen molar-refractivity contribution >= 4 is 22.6 Å². The third kappa shape index (κ3) is 3.26. The van der Waals surface area contributed by atoms with Crippen LogP contribution in [0.3, 0.4) is 0 Å². The highest BCUT2D eigenvalue weighted by Gasteiger charge is 2.26. The molecule has 1 unspecified atom stereocenters. The highest BCUT2D eigenvalue weighted by Crippen LogP contribution is 2.28. The van der Waals surface area contributed by atoms with E-state index in [-0.39, 0.29) is 18.3 Å². The molecule has 0 amide bonds. The van der Waals surface area contributed by atoms with E-state index in [1.807, 2.05) is 29.7 Å². The first-order valence-corrected chi connectivity index (χ1v) is 6.90. The lowest BCUT2D eigenvalue weighted by atomic mass is 10.2. The largest absolute Gasteiger partial charge is 0.389 e. The van der Waals surface area contributed by atoms with Gasteiger partial charge < -0.3 is 4.57 Å². The van der Waals surface area contributed by atoms with E-state index >= 15 is 0 Å². The summed E-state index contributed by atoms with van der Waals surface area (Å²) in [6.07, 6.45) is -4.90. The monoisotopic (exact) mass is 304 g/mol. The Balaban J connectivity index is 2.36. The van der Waals surface area contributed by atoms with Crippen LogP contribution in [0.25, 0.3) is 11.0 Å². The number of hydrogen-bond donors (Lipinski definition) is 0. The molecule has 0 fully saturated rings. The van der Waals surface area contributed by atoms with Crippen LogP contribution in [0.4, 0.5) is 13.2 Å². The zero-order valence-electron chi connectivity index (χ0n) is 11.3. The Kier molecular flexibility index (Phi) is 4.28. The number of alkyl halides is 4. The van der Waals surface area contributed by atoms with Gasteiger partial charge in [0, 0.05) is 13.0 Å². The smallest absolute Gasteiger partial charge is 0.327 e. The lowest BCUT2D eigenvalue weighted by Crippen LogP contribution is -2.11. The molecule has 0 radical (unpaired) electrons. The van der Waals surface area contributed by atoms with Gasteiger partial charge in [-0.2, -0.15) is 13.2 Å². The average molecular weight is 305 g/mol. The molecule has 6 heteroatoms. The van der Waals surface area contributed by atoms with Crippen molar-refractivity contribution in [1.82, 2.24) is 9.55 Å². The zero-order chi connectivity index (χ0) is 14.9. The fraction of sp³-hybridized carbons (Fsp3) is 0.500. The van der Waals surface area contributed by atoms with Gasteiger partial charge in [0.2, 0.25) is 0 Å². The molecular weight excluding hydrogens is 289 g/mol. The second-order valence-corrected chi connectivity index (χ2v) is 5.55. The minimum absolute atomic E-state index is 0.0277. The van der Waals surface area contributed by atoms with Crippen LogP contribution in [0.1, 0.15) is 36.5 Å². The van der Waals surface area contributed by atoms with Crippen LogP contribution < -0.4 is 0 Å². The summed E-state index contributed by atoms with van der Waals surface area (Å²) in [7, 11) is 0. The number of rotatable bonds is 4. The SMILES string of the molecule is Cc1cccc2nc(C(C)Cl)n(CCCC(F)(F)F)c12. The number of fused-ring (bicyclic) bond motifs is 1. The maximum Gasteiger partial charge on any atom is 0.389 e. The van der Waals surface area contributed by atoms with E-state index < -0.39 is 12.6 Å². The summed E-state index contributed by atoms with van der Waals surface area (Å²) in [6.45, 7) is 3.97. The molecule has 0 saturated carbocycles. The highest BCUT2D eigenvalue weighted by molar-refractivity contribution is 6.20. The number of imidazole rings is 1. The molecule has 1 aromatic carbocycles. The van der Waals surface area contributed by atoms with Gasteiger partial charge in [-0.3, -0.25) is 0 Å². The lowest BCUT2D eigenvalue weighted by molar-refractivity contribution is -0.135. The molecule has 0 spiro atoms. The minimum atomic E-state index is -4.13. The van der Waals surface area contributed by atoms with E-state index in [2.05, 4.69) is 4.98 Å². The molecule has 2 rings (SSSR count). The summed E-state index contributed by atoms with van der Waals surface area (Å²) in [5, 5.41) is -0.340. The summed E-state index contributed by atoms with van der Waals surface area (Å²) >= 11 is 6.10. The maximum atomic E-state index is 12.3. The standard InChI is InChI=1S/C14H16ClF3N2/c1-9-5-3-6-11-12(9)20(13(19-11)10(2)15)8-4-7-14(16,17)18/h3,5-6,10H,4,7-8H2,1-2H3. The predicted molar refractivity (Wildman–Crippen MR) is 74.0 cm³/mol. The number of aromatic nitrogens is 2. The molecule has 110 valence electrons. The van der Waals surface area contributed by atoms with Crippen molar-refractivity contribution in [2.24, 2.45) is 0 Å². The molecule has 0 saturated heterocycles. The summed E-state index contributed by atoms with van der Waals surface area (Å²) in [5.41, 5.74) is 2.64. The van der Waals surface area contributed by atoms with Gasteiger partial charge in [-0.05, 0) is 31.9 Å². The minimum Gasteiger partial charge on any atom is -0.327 e. The fourth-order valence-corrected chi connectivity index (χ4v) is 2.52. The Hall–Kier alpha value is -1.23.